The molecule has 0 fully saturated rings. The number of benzene rings is 1. The van der Waals surface area contributed by atoms with Crippen LogP contribution in [0.3, 0.4) is 0 Å². The van der Waals surface area contributed by atoms with Gasteiger partial charge in [0, 0.05) is 12.4 Å². The molecule has 116 valence electrons. The standard InChI is InChI=1S/C15H13N5O3/c21-15(22-10-11-4-2-1-3-5-11)18-9-13-19-20-14(23-13)12-8-16-6-7-17-12/h1-8H,9-10H2,(H,18,21). The molecule has 0 aliphatic rings. The number of nitrogens with zero attached hydrogens (tertiary/aromatic N) is 4. The molecule has 2 aromatic heterocycles. The molecular weight excluding hydrogens is 298 g/mol. The summed E-state index contributed by atoms with van der Waals surface area (Å²) in [6.07, 6.45) is 4.02. The van der Waals surface area contributed by atoms with E-state index in [1.54, 1.807) is 6.20 Å². The van der Waals surface area contributed by atoms with Gasteiger partial charge in [-0.15, -0.1) is 10.2 Å². The van der Waals surface area contributed by atoms with Gasteiger partial charge in [-0.3, -0.25) is 4.98 Å². The molecule has 8 nitrogen and oxygen atoms in total. The predicted octanol–water partition coefficient (Wildman–Crippen LogP) is 1.95. The highest BCUT2D eigenvalue weighted by molar-refractivity contribution is 5.67. The topological polar surface area (TPSA) is 103 Å². The average molecular weight is 311 g/mol. The SMILES string of the molecule is O=C(NCc1nnc(-c2cnccn2)o1)OCc1ccccc1. The lowest BCUT2D eigenvalue weighted by molar-refractivity contribution is 0.138. The number of carbonyl (C=O) groups excluding carboxylic acids is 1. The summed E-state index contributed by atoms with van der Waals surface area (Å²) in [5.74, 6) is 0.495. The van der Waals surface area contributed by atoms with Gasteiger partial charge in [-0.25, -0.2) is 9.78 Å². The minimum Gasteiger partial charge on any atom is -0.445 e. The Morgan fingerprint density at radius 2 is 2.04 bits per heavy atom. The van der Waals surface area contributed by atoms with Gasteiger partial charge < -0.3 is 14.5 Å². The van der Waals surface area contributed by atoms with Gasteiger partial charge in [0.05, 0.1) is 12.7 Å². The molecule has 8 heteroatoms. The Morgan fingerprint density at radius 3 is 2.83 bits per heavy atom. The van der Waals surface area contributed by atoms with Crippen LogP contribution < -0.4 is 5.32 Å². The Labute approximate surface area is 131 Å². The summed E-state index contributed by atoms with van der Waals surface area (Å²) in [7, 11) is 0. The lowest BCUT2D eigenvalue weighted by Gasteiger charge is -2.05. The second-order valence-corrected chi connectivity index (χ2v) is 4.51. The van der Waals surface area contributed by atoms with Crippen molar-refractivity contribution in [3.63, 3.8) is 0 Å². The van der Waals surface area contributed by atoms with Crippen molar-refractivity contribution in [3.05, 3.63) is 60.4 Å². The summed E-state index contributed by atoms with van der Waals surface area (Å²) in [5, 5.41) is 10.2. The second kappa shape index (κ2) is 7.12. The third-order valence-corrected chi connectivity index (χ3v) is 2.85. The molecule has 3 rings (SSSR count). The zero-order valence-corrected chi connectivity index (χ0v) is 12.0. The van der Waals surface area contributed by atoms with Gasteiger partial charge in [0.25, 0.3) is 5.89 Å². The zero-order chi connectivity index (χ0) is 15.9. The summed E-state index contributed by atoms with van der Waals surface area (Å²) < 4.78 is 10.5. The fourth-order valence-electron chi connectivity index (χ4n) is 1.76. The Hall–Kier alpha value is -3.29. The van der Waals surface area contributed by atoms with E-state index in [0.29, 0.717) is 5.69 Å². The first-order chi connectivity index (χ1) is 11.3. The molecule has 23 heavy (non-hydrogen) atoms. The minimum absolute atomic E-state index is 0.0703. The molecule has 1 aromatic carbocycles. The van der Waals surface area contributed by atoms with Gasteiger partial charge in [-0.2, -0.15) is 0 Å². The Morgan fingerprint density at radius 1 is 1.17 bits per heavy atom. The molecule has 0 saturated carbocycles. The normalized spacial score (nSPS) is 10.3. The van der Waals surface area contributed by atoms with Crippen LogP contribution in [-0.2, 0) is 17.9 Å². The van der Waals surface area contributed by atoms with E-state index in [4.69, 9.17) is 9.15 Å². The van der Waals surface area contributed by atoms with E-state index < -0.39 is 6.09 Å². The smallest absolute Gasteiger partial charge is 0.407 e. The Kier molecular flexibility index (Phi) is 4.53. The molecule has 2 heterocycles. The van der Waals surface area contributed by atoms with Crippen molar-refractivity contribution in [2.24, 2.45) is 0 Å². The lowest BCUT2D eigenvalue weighted by Crippen LogP contribution is -2.23. The van der Waals surface area contributed by atoms with E-state index in [9.17, 15) is 4.79 Å². The maximum atomic E-state index is 11.6. The third-order valence-electron chi connectivity index (χ3n) is 2.85. The van der Waals surface area contributed by atoms with Crippen molar-refractivity contribution < 1.29 is 13.9 Å². The minimum atomic E-state index is -0.562. The molecule has 0 radical (unpaired) electrons. The summed E-state index contributed by atoms with van der Waals surface area (Å²) in [6, 6.07) is 9.40. The molecule has 0 aliphatic carbocycles. The van der Waals surface area contributed by atoms with Crippen molar-refractivity contribution in [1.82, 2.24) is 25.5 Å². The molecule has 0 saturated heterocycles. The van der Waals surface area contributed by atoms with Gasteiger partial charge in [0.2, 0.25) is 5.89 Å². The van der Waals surface area contributed by atoms with Crippen LogP contribution in [0.4, 0.5) is 4.79 Å². The van der Waals surface area contributed by atoms with Crippen molar-refractivity contribution in [2.45, 2.75) is 13.2 Å². The van der Waals surface area contributed by atoms with Crippen molar-refractivity contribution in [2.75, 3.05) is 0 Å². The van der Waals surface area contributed by atoms with Crippen LogP contribution in [0.2, 0.25) is 0 Å². The Balaban J connectivity index is 1.49. The summed E-state index contributed by atoms with van der Waals surface area (Å²) >= 11 is 0. The van der Waals surface area contributed by atoms with Crippen molar-refractivity contribution in [1.29, 1.82) is 0 Å². The van der Waals surface area contributed by atoms with Crippen LogP contribution in [0.5, 0.6) is 0 Å². The molecular formula is C15H13N5O3. The van der Waals surface area contributed by atoms with Crippen LogP contribution in [0.15, 0.2) is 53.3 Å². The number of rotatable bonds is 5. The number of carbonyl (C=O) groups is 1. The van der Waals surface area contributed by atoms with Crippen molar-refractivity contribution >= 4 is 6.09 Å². The van der Waals surface area contributed by atoms with Gasteiger partial charge in [-0.1, -0.05) is 30.3 Å². The number of ether oxygens (including phenoxy) is 1. The largest absolute Gasteiger partial charge is 0.445 e. The number of aromatic nitrogens is 4. The van der Waals surface area contributed by atoms with Crippen molar-refractivity contribution in [3.8, 4) is 11.6 Å². The van der Waals surface area contributed by atoms with E-state index in [2.05, 4.69) is 25.5 Å². The number of alkyl carbamates (subject to hydrolysis) is 1. The molecule has 3 aromatic rings. The summed E-state index contributed by atoms with van der Waals surface area (Å²) in [6.45, 7) is 0.266. The fraction of sp³-hybridized carbons (Fsp3) is 0.133. The zero-order valence-electron chi connectivity index (χ0n) is 12.0. The van der Waals surface area contributed by atoms with Gasteiger partial charge in [0.1, 0.15) is 12.3 Å². The first kappa shape index (κ1) is 14.6. The summed E-state index contributed by atoms with van der Waals surface area (Å²) in [5.41, 5.74) is 1.38. The third kappa shape index (κ3) is 4.10. The second-order valence-electron chi connectivity index (χ2n) is 4.51. The van der Waals surface area contributed by atoms with Crippen LogP contribution in [0, 0.1) is 0 Å². The maximum absolute atomic E-state index is 11.6. The lowest BCUT2D eigenvalue weighted by atomic mass is 10.2. The number of hydrogen-bond acceptors (Lipinski definition) is 7. The molecule has 1 amide bonds. The van der Waals surface area contributed by atoms with Crippen LogP contribution in [0.1, 0.15) is 11.5 Å². The van der Waals surface area contributed by atoms with Gasteiger partial charge in [-0.05, 0) is 5.56 Å². The Bertz CT molecular complexity index is 761. The van der Waals surface area contributed by atoms with E-state index in [0.717, 1.165) is 5.56 Å². The van der Waals surface area contributed by atoms with Crippen LogP contribution in [-0.4, -0.2) is 26.3 Å². The summed E-state index contributed by atoms with van der Waals surface area (Å²) in [4.78, 5) is 19.6. The first-order valence-corrected chi connectivity index (χ1v) is 6.84. The first-order valence-electron chi connectivity index (χ1n) is 6.84. The maximum Gasteiger partial charge on any atom is 0.407 e. The number of amides is 1. The molecule has 0 bridgehead atoms. The average Bonchev–Trinajstić information content (AvgIpc) is 3.09. The van der Waals surface area contributed by atoms with E-state index in [-0.39, 0.29) is 24.9 Å². The predicted molar refractivity (Wildman–Crippen MR) is 78.8 cm³/mol. The quantitative estimate of drug-likeness (QED) is 0.768. The molecule has 0 spiro atoms. The molecule has 0 unspecified atom stereocenters. The molecule has 1 N–H and O–H groups in total. The van der Waals surface area contributed by atoms with E-state index >= 15 is 0 Å². The van der Waals surface area contributed by atoms with Crippen LogP contribution in [0.25, 0.3) is 11.6 Å². The van der Waals surface area contributed by atoms with E-state index in [1.165, 1.54) is 12.4 Å². The molecule has 0 atom stereocenters. The molecule has 0 aliphatic heterocycles. The highest BCUT2D eigenvalue weighted by atomic mass is 16.5. The highest BCUT2D eigenvalue weighted by Gasteiger charge is 2.11. The number of hydrogen-bond donors (Lipinski definition) is 1. The van der Waals surface area contributed by atoms with E-state index in [1.807, 2.05) is 30.3 Å². The fourth-order valence-corrected chi connectivity index (χ4v) is 1.76. The monoisotopic (exact) mass is 311 g/mol. The van der Waals surface area contributed by atoms with Gasteiger partial charge in [0.15, 0.2) is 0 Å². The van der Waals surface area contributed by atoms with Gasteiger partial charge >= 0.3 is 6.09 Å². The van der Waals surface area contributed by atoms with Crippen LogP contribution >= 0.6 is 0 Å². The highest BCUT2D eigenvalue weighted by Crippen LogP contribution is 2.12. The number of nitrogens with one attached hydrogen (secondary N) is 1.